The maximum absolute atomic E-state index is 6.22. The quantitative estimate of drug-likeness (QED) is 0.647. The summed E-state index contributed by atoms with van der Waals surface area (Å²) in [6.07, 6.45) is 3.69. The van der Waals surface area contributed by atoms with Crippen LogP contribution in [0.2, 0.25) is 0 Å². The second-order valence-corrected chi connectivity index (χ2v) is 4.96. The molecule has 0 heterocycles. The van der Waals surface area contributed by atoms with E-state index in [-0.39, 0.29) is 0 Å². The SMILES string of the molecule is CC1C(Cl)CCC1Cc1ccccc1. The van der Waals surface area contributed by atoms with Gasteiger partial charge in [0.15, 0.2) is 0 Å². The standard InChI is InChI=1S/C13H17Cl/c1-10-12(7-8-13(10)14)9-11-5-3-2-4-6-11/h2-6,10,12-13H,7-9H2,1H3. The fourth-order valence-corrected chi connectivity index (χ4v) is 2.73. The van der Waals surface area contributed by atoms with Gasteiger partial charge in [0.25, 0.3) is 0 Å². The molecule has 0 aliphatic heterocycles. The predicted molar refractivity (Wildman–Crippen MR) is 61.7 cm³/mol. The van der Waals surface area contributed by atoms with E-state index in [2.05, 4.69) is 37.3 Å². The predicted octanol–water partition coefficient (Wildman–Crippen LogP) is 3.88. The Hall–Kier alpha value is -0.490. The molecular formula is C13H17Cl. The van der Waals surface area contributed by atoms with Gasteiger partial charge >= 0.3 is 0 Å². The van der Waals surface area contributed by atoms with Gasteiger partial charge in [-0.1, -0.05) is 37.3 Å². The van der Waals surface area contributed by atoms with Crippen molar-refractivity contribution >= 4 is 11.6 Å². The third-order valence-electron chi connectivity index (χ3n) is 3.47. The molecule has 0 N–H and O–H groups in total. The molecule has 3 unspecified atom stereocenters. The van der Waals surface area contributed by atoms with Gasteiger partial charge in [0.2, 0.25) is 0 Å². The molecule has 0 amide bonds. The smallest absolute Gasteiger partial charge is 0.0364 e. The summed E-state index contributed by atoms with van der Waals surface area (Å²) >= 11 is 6.22. The summed E-state index contributed by atoms with van der Waals surface area (Å²) in [5.74, 6) is 1.47. The van der Waals surface area contributed by atoms with E-state index in [1.165, 1.54) is 24.8 Å². The van der Waals surface area contributed by atoms with Crippen LogP contribution in [-0.4, -0.2) is 5.38 Å². The Bertz CT molecular complexity index is 281. The number of alkyl halides is 1. The Morgan fingerprint density at radius 1 is 1.21 bits per heavy atom. The minimum Gasteiger partial charge on any atom is -0.123 e. The lowest BCUT2D eigenvalue weighted by Gasteiger charge is -2.16. The summed E-state index contributed by atoms with van der Waals surface area (Å²) in [6.45, 7) is 2.29. The molecule has 0 saturated heterocycles. The maximum atomic E-state index is 6.22. The molecule has 1 aliphatic carbocycles. The van der Waals surface area contributed by atoms with E-state index in [0.717, 1.165) is 5.92 Å². The minimum atomic E-state index is 0.406. The molecule has 1 aromatic rings. The zero-order valence-electron chi connectivity index (χ0n) is 8.62. The summed E-state index contributed by atoms with van der Waals surface area (Å²) in [7, 11) is 0. The molecule has 2 rings (SSSR count). The van der Waals surface area contributed by atoms with E-state index in [0.29, 0.717) is 11.3 Å². The topological polar surface area (TPSA) is 0 Å². The molecule has 1 aliphatic rings. The van der Waals surface area contributed by atoms with Crippen LogP contribution < -0.4 is 0 Å². The van der Waals surface area contributed by atoms with Gasteiger partial charge in [0.05, 0.1) is 0 Å². The fraction of sp³-hybridized carbons (Fsp3) is 0.538. The van der Waals surface area contributed by atoms with E-state index >= 15 is 0 Å². The van der Waals surface area contributed by atoms with Gasteiger partial charge in [0.1, 0.15) is 0 Å². The molecule has 1 saturated carbocycles. The number of hydrogen-bond acceptors (Lipinski definition) is 0. The van der Waals surface area contributed by atoms with E-state index < -0.39 is 0 Å². The molecule has 0 aromatic heterocycles. The monoisotopic (exact) mass is 208 g/mol. The second kappa shape index (κ2) is 4.35. The van der Waals surface area contributed by atoms with Gasteiger partial charge in [-0.25, -0.2) is 0 Å². The highest BCUT2D eigenvalue weighted by molar-refractivity contribution is 6.20. The molecule has 3 atom stereocenters. The van der Waals surface area contributed by atoms with Crippen LogP contribution >= 0.6 is 11.6 Å². The fourth-order valence-electron chi connectivity index (χ4n) is 2.40. The van der Waals surface area contributed by atoms with Crippen LogP contribution in [-0.2, 0) is 6.42 Å². The maximum Gasteiger partial charge on any atom is 0.0364 e. The van der Waals surface area contributed by atoms with Gasteiger partial charge in [-0.05, 0) is 36.7 Å². The second-order valence-electron chi connectivity index (χ2n) is 4.40. The molecule has 1 aromatic carbocycles. The first-order valence-corrected chi connectivity index (χ1v) is 5.89. The molecular weight excluding hydrogens is 192 g/mol. The van der Waals surface area contributed by atoms with Crippen molar-refractivity contribution in [2.24, 2.45) is 11.8 Å². The third kappa shape index (κ3) is 2.12. The molecule has 1 fully saturated rings. The first-order chi connectivity index (χ1) is 6.77. The summed E-state index contributed by atoms with van der Waals surface area (Å²) in [4.78, 5) is 0. The Balaban J connectivity index is 1.99. The van der Waals surface area contributed by atoms with Crippen LogP contribution in [0.5, 0.6) is 0 Å². The van der Waals surface area contributed by atoms with E-state index in [4.69, 9.17) is 11.6 Å². The van der Waals surface area contributed by atoms with Crippen molar-refractivity contribution in [3.05, 3.63) is 35.9 Å². The first-order valence-electron chi connectivity index (χ1n) is 5.45. The van der Waals surface area contributed by atoms with Gasteiger partial charge in [0, 0.05) is 5.38 Å². The number of benzene rings is 1. The van der Waals surface area contributed by atoms with Gasteiger partial charge in [-0.3, -0.25) is 0 Å². The van der Waals surface area contributed by atoms with E-state index in [1.807, 2.05) is 0 Å². The highest BCUT2D eigenvalue weighted by Crippen LogP contribution is 2.37. The average molecular weight is 209 g/mol. The van der Waals surface area contributed by atoms with Crippen LogP contribution in [0.4, 0.5) is 0 Å². The summed E-state index contributed by atoms with van der Waals surface area (Å²) < 4.78 is 0. The normalized spacial score (nSPS) is 32.0. The van der Waals surface area contributed by atoms with Crippen LogP contribution in [0.15, 0.2) is 30.3 Å². The summed E-state index contributed by atoms with van der Waals surface area (Å²) in [5, 5.41) is 0.406. The lowest BCUT2D eigenvalue weighted by Crippen LogP contribution is -2.13. The Labute approximate surface area is 91.3 Å². The Kier molecular flexibility index (Phi) is 3.12. The van der Waals surface area contributed by atoms with Gasteiger partial charge in [-0.15, -0.1) is 11.6 Å². The molecule has 0 spiro atoms. The Morgan fingerprint density at radius 3 is 2.50 bits per heavy atom. The summed E-state index contributed by atoms with van der Waals surface area (Å²) in [5.41, 5.74) is 1.45. The van der Waals surface area contributed by atoms with Crippen molar-refractivity contribution in [1.29, 1.82) is 0 Å². The zero-order chi connectivity index (χ0) is 9.97. The van der Waals surface area contributed by atoms with Crippen molar-refractivity contribution in [3.8, 4) is 0 Å². The van der Waals surface area contributed by atoms with Crippen molar-refractivity contribution in [2.75, 3.05) is 0 Å². The third-order valence-corrected chi connectivity index (χ3v) is 4.08. The highest BCUT2D eigenvalue weighted by Gasteiger charge is 2.30. The molecule has 1 heteroatoms. The molecule has 0 bridgehead atoms. The van der Waals surface area contributed by atoms with Crippen LogP contribution in [0.1, 0.15) is 25.3 Å². The molecule has 14 heavy (non-hydrogen) atoms. The zero-order valence-corrected chi connectivity index (χ0v) is 9.37. The van der Waals surface area contributed by atoms with Crippen LogP contribution in [0.3, 0.4) is 0 Å². The lowest BCUT2D eigenvalue weighted by atomic mass is 9.91. The van der Waals surface area contributed by atoms with E-state index in [1.54, 1.807) is 0 Å². The van der Waals surface area contributed by atoms with E-state index in [9.17, 15) is 0 Å². The van der Waals surface area contributed by atoms with Gasteiger partial charge in [-0.2, -0.15) is 0 Å². The summed E-state index contributed by atoms with van der Waals surface area (Å²) in [6, 6.07) is 10.7. The molecule has 0 nitrogen and oxygen atoms in total. The Morgan fingerprint density at radius 2 is 1.93 bits per heavy atom. The lowest BCUT2D eigenvalue weighted by molar-refractivity contribution is 0.420. The minimum absolute atomic E-state index is 0.406. The van der Waals surface area contributed by atoms with Crippen molar-refractivity contribution in [1.82, 2.24) is 0 Å². The highest BCUT2D eigenvalue weighted by atomic mass is 35.5. The molecule has 0 radical (unpaired) electrons. The van der Waals surface area contributed by atoms with Crippen molar-refractivity contribution in [2.45, 2.75) is 31.6 Å². The van der Waals surface area contributed by atoms with Crippen molar-refractivity contribution < 1.29 is 0 Å². The van der Waals surface area contributed by atoms with Crippen LogP contribution in [0.25, 0.3) is 0 Å². The molecule has 76 valence electrons. The van der Waals surface area contributed by atoms with Crippen LogP contribution in [0, 0.1) is 11.8 Å². The first kappa shape index (κ1) is 10.0. The van der Waals surface area contributed by atoms with Crippen molar-refractivity contribution in [3.63, 3.8) is 0 Å². The average Bonchev–Trinajstić information content (AvgIpc) is 2.52. The van der Waals surface area contributed by atoms with Gasteiger partial charge < -0.3 is 0 Å². The number of rotatable bonds is 2. The number of halogens is 1. The number of hydrogen-bond donors (Lipinski definition) is 0. The largest absolute Gasteiger partial charge is 0.123 e.